The zero-order valence-electron chi connectivity index (χ0n) is 11.7. The van der Waals surface area contributed by atoms with Crippen molar-refractivity contribution in [1.82, 2.24) is 0 Å². The van der Waals surface area contributed by atoms with E-state index in [4.69, 9.17) is 0 Å². The summed E-state index contributed by atoms with van der Waals surface area (Å²) in [6.07, 6.45) is 11.8. The summed E-state index contributed by atoms with van der Waals surface area (Å²) in [6.45, 7) is 6.60. The van der Waals surface area contributed by atoms with Crippen LogP contribution in [0.2, 0.25) is 0 Å². The molecule has 0 aromatic rings. The third kappa shape index (κ3) is 56.8. The highest BCUT2D eigenvalue weighted by atomic mass is 31.0. The minimum atomic E-state index is 0. The van der Waals surface area contributed by atoms with Gasteiger partial charge in [0.2, 0.25) is 0 Å². The fourth-order valence-corrected chi connectivity index (χ4v) is 1.84. The van der Waals surface area contributed by atoms with Gasteiger partial charge in [0.25, 0.3) is 0 Å². The number of hydrogen-bond acceptors (Lipinski definition) is 0. The molecule has 0 bridgehead atoms. The molecule has 0 N–H and O–H groups in total. The molecule has 0 amide bonds. The first-order valence-electron chi connectivity index (χ1n) is 6.35. The van der Waals surface area contributed by atoms with E-state index in [0.29, 0.717) is 0 Å². The first-order valence-corrected chi connectivity index (χ1v) is 8.80. The SMILES string of the molecule is CCCCP.CCCCP.CCCCP.[Al]. The zero-order valence-corrected chi connectivity index (χ0v) is 16.3. The fourth-order valence-electron chi connectivity index (χ4n) is 0.612. The average Bonchev–Trinajstić information content (AvgIpc) is 2.23. The van der Waals surface area contributed by atoms with Crippen molar-refractivity contribution in [3.63, 3.8) is 0 Å². The van der Waals surface area contributed by atoms with Crippen LogP contribution in [0.5, 0.6) is 0 Å². The summed E-state index contributed by atoms with van der Waals surface area (Å²) in [5, 5.41) is 0. The van der Waals surface area contributed by atoms with Crippen LogP contribution in [-0.2, 0) is 0 Å². The van der Waals surface area contributed by atoms with Crippen LogP contribution in [0.3, 0.4) is 0 Å². The summed E-state index contributed by atoms with van der Waals surface area (Å²) >= 11 is 0. The van der Waals surface area contributed by atoms with E-state index in [2.05, 4.69) is 48.5 Å². The molecule has 0 aliphatic rings. The Hall–Kier alpha value is 1.82. The monoisotopic (exact) mass is 297 g/mol. The molecule has 0 nitrogen and oxygen atoms in total. The van der Waals surface area contributed by atoms with Crippen molar-refractivity contribution >= 4 is 45.1 Å². The van der Waals surface area contributed by atoms with Crippen molar-refractivity contribution in [2.75, 3.05) is 18.5 Å². The fraction of sp³-hybridized carbons (Fsp3) is 1.00. The van der Waals surface area contributed by atoms with E-state index < -0.39 is 0 Å². The van der Waals surface area contributed by atoms with Crippen LogP contribution < -0.4 is 0 Å². The highest BCUT2D eigenvalue weighted by molar-refractivity contribution is 7.16. The Morgan fingerprint density at radius 2 is 0.750 bits per heavy atom. The highest BCUT2D eigenvalue weighted by Gasteiger charge is 1.69. The van der Waals surface area contributed by atoms with Crippen LogP contribution in [0, 0.1) is 0 Å². The Balaban J connectivity index is -0.0000000655. The molecule has 0 spiro atoms. The molecule has 3 unspecified atom stereocenters. The van der Waals surface area contributed by atoms with Gasteiger partial charge in [-0.2, -0.15) is 0 Å². The lowest BCUT2D eigenvalue weighted by atomic mass is 10.4. The Kier molecular flexibility index (Phi) is 59.3. The van der Waals surface area contributed by atoms with Crippen LogP contribution in [-0.4, -0.2) is 35.8 Å². The van der Waals surface area contributed by atoms with Crippen LogP contribution in [0.4, 0.5) is 0 Å². The molecule has 3 radical (unpaired) electrons. The molecule has 0 saturated carbocycles. The summed E-state index contributed by atoms with van der Waals surface area (Å²) in [4.78, 5) is 0. The molecule has 99 valence electrons. The Bertz CT molecular complexity index is 53.0. The van der Waals surface area contributed by atoms with Gasteiger partial charge in [-0.3, -0.25) is 0 Å². The van der Waals surface area contributed by atoms with Crippen LogP contribution in [0.1, 0.15) is 59.3 Å². The number of rotatable bonds is 6. The molecular formula is C12H33AlP3. The normalized spacial score (nSPS) is 7.88. The van der Waals surface area contributed by atoms with E-state index in [1.807, 2.05) is 0 Å². The maximum Gasteiger partial charge on any atom is 0 e. The van der Waals surface area contributed by atoms with E-state index in [1.54, 1.807) is 0 Å². The predicted molar refractivity (Wildman–Crippen MR) is 94.2 cm³/mol. The first-order chi connectivity index (χ1) is 7.24. The van der Waals surface area contributed by atoms with Crippen LogP contribution in [0.15, 0.2) is 0 Å². The summed E-state index contributed by atoms with van der Waals surface area (Å²) in [7, 11) is 8.10. The number of hydrogen-bond donors (Lipinski definition) is 0. The Morgan fingerprint density at radius 3 is 0.750 bits per heavy atom. The molecule has 16 heavy (non-hydrogen) atoms. The van der Waals surface area contributed by atoms with E-state index in [-0.39, 0.29) is 17.4 Å². The lowest BCUT2D eigenvalue weighted by Crippen LogP contribution is -1.64. The van der Waals surface area contributed by atoms with E-state index in [1.165, 1.54) is 57.0 Å². The van der Waals surface area contributed by atoms with Crippen molar-refractivity contribution in [1.29, 1.82) is 0 Å². The topological polar surface area (TPSA) is 0 Å². The third-order valence-electron chi connectivity index (χ3n) is 1.67. The molecular weight excluding hydrogens is 264 g/mol. The summed E-state index contributed by atoms with van der Waals surface area (Å²) in [5.41, 5.74) is 0. The zero-order chi connectivity index (χ0) is 12.4. The standard InChI is InChI=1S/3C4H11P.Al/c3*1-2-3-4-5;/h3*2-5H2,1H3;. The van der Waals surface area contributed by atoms with Crippen molar-refractivity contribution in [2.24, 2.45) is 0 Å². The molecule has 0 aliphatic carbocycles. The van der Waals surface area contributed by atoms with Crippen molar-refractivity contribution < 1.29 is 0 Å². The van der Waals surface area contributed by atoms with Crippen molar-refractivity contribution in [3.05, 3.63) is 0 Å². The van der Waals surface area contributed by atoms with Gasteiger partial charge in [0.1, 0.15) is 0 Å². The molecule has 0 aromatic heterocycles. The van der Waals surface area contributed by atoms with Gasteiger partial charge in [-0.1, -0.05) is 59.3 Å². The molecule has 0 saturated heterocycles. The summed E-state index contributed by atoms with van der Waals surface area (Å²) < 4.78 is 0. The van der Waals surface area contributed by atoms with Gasteiger partial charge in [0.05, 0.1) is 0 Å². The maximum absolute atomic E-state index is 2.70. The number of unbranched alkanes of at least 4 members (excludes halogenated alkanes) is 3. The molecule has 0 heterocycles. The summed E-state index contributed by atoms with van der Waals surface area (Å²) in [5.74, 6) is 0. The van der Waals surface area contributed by atoms with Gasteiger partial charge in [-0.15, -0.1) is 27.7 Å². The Morgan fingerprint density at radius 1 is 0.562 bits per heavy atom. The largest absolute Gasteiger partial charge is 0.138 e. The molecule has 0 rings (SSSR count). The maximum atomic E-state index is 2.70. The van der Waals surface area contributed by atoms with Crippen LogP contribution in [0.25, 0.3) is 0 Å². The van der Waals surface area contributed by atoms with Gasteiger partial charge < -0.3 is 0 Å². The Labute approximate surface area is 123 Å². The lowest BCUT2D eigenvalue weighted by molar-refractivity contribution is 0.897. The smallest absolute Gasteiger partial charge is 0 e. The molecule has 4 heteroatoms. The van der Waals surface area contributed by atoms with Crippen LogP contribution >= 0.6 is 27.7 Å². The second-order valence-electron chi connectivity index (χ2n) is 3.43. The second-order valence-corrected chi connectivity index (χ2v) is 5.16. The quantitative estimate of drug-likeness (QED) is 0.496. The van der Waals surface area contributed by atoms with Gasteiger partial charge >= 0.3 is 0 Å². The third-order valence-corrected chi connectivity index (χ3v) is 2.90. The van der Waals surface area contributed by atoms with E-state index in [9.17, 15) is 0 Å². The molecule has 0 aliphatic heterocycles. The molecule has 0 fully saturated rings. The first kappa shape index (κ1) is 26.4. The minimum Gasteiger partial charge on any atom is -0.138 e. The van der Waals surface area contributed by atoms with E-state index in [0.717, 1.165) is 0 Å². The van der Waals surface area contributed by atoms with Crippen molar-refractivity contribution in [3.8, 4) is 0 Å². The highest BCUT2D eigenvalue weighted by Crippen LogP contribution is 1.90. The van der Waals surface area contributed by atoms with Crippen molar-refractivity contribution in [2.45, 2.75) is 59.3 Å². The lowest BCUT2D eigenvalue weighted by Gasteiger charge is -1.79. The van der Waals surface area contributed by atoms with E-state index >= 15 is 0 Å². The second kappa shape index (κ2) is 36.0. The van der Waals surface area contributed by atoms with Gasteiger partial charge in [0.15, 0.2) is 0 Å². The molecule has 3 atom stereocenters. The predicted octanol–water partition coefficient (Wildman–Crippen LogP) is 4.60. The van der Waals surface area contributed by atoms with Gasteiger partial charge in [0, 0.05) is 17.4 Å². The van der Waals surface area contributed by atoms with Gasteiger partial charge in [-0.25, -0.2) is 0 Å². The molecule has 0 aromatic carbocycles. The average molecular weight is 297 g/mol. The summed E-state index contributed by atoms with van der Waals surface area (Å²) in [6, 6.07) is 0. The van der Waals surface area contributed by atoms with Gasteiger partial charge in [-0.05, 0) is 18.5 Å². The minimum absolute atomic E-state index is 0.